The monoisotopic (exact) mass is 307 g/mol. The van der Waals surface area contributed by atoms with E-state index in [1.165, 1.54) is 21.0 Å². The number of carbonyl (C=O) groups is 3. The van der Waals surface area contributed by atoms with Gasteiger partial charge in [-0.15, -0.1) is 0 Å². The van der Waals surface area contributed by atoms with Crippen molar-refractivity contribution in [2.24, 2.45) is 5.92 Å². The molecule has 1 amide bonds. The molecule has 0 aliphatic rings. The van der Waals surface area contributed by atoms with Crippen LogP contribution in [0.25, 0.3) is 0 Å². The maximum absolute atomic E-state index is 12.1. The van der Waals surface area contributed by atoms with Crippen LogP contribution < -0.4 is 10.1 Å². The van der Waals surface area contributed by atoms with Crippen LogP contribution in [-0.4, -0.2) is 31.4 Å². The zero-order chi connectivity index (χ0) is 16.7. The van der Waals surface area contributed by atoms with Crippen LogP contribution in [0.2, 0.25) is 0 Å². The molecule has 1 aromatic carbocycles. The van der Waals surface area contributed by atoms with E-state index >= 15 is 0 Å². The number of methoxy groups -OCH3 is 1. The van der Waals surface area contributed by atoms with E-state index in [9.17, 15) is 14.4 Å². The van der Waals surface area contributed by atoms with Crippen LogP contribution in [0.5, 0.6) is 5.75 Å². The van der Waals surface area contributed by atoms with Gasteiger partial charge in [-0.2, -0.15) is 0 Å². The highest BCUT2D eigenvalue weighted by molar-refractivity contribution is 5.99. The maximum atomic E-state index is 12.1. The Kier molecular flexibility index (Phi) is 6.56. The molecule has 0 bridgehead atoms. The average molecular weight is 307 g/mol. The van der Waals surface area contributed by atoms with Gasteiger partial charge >= 0.3 is 5.97 Å². The van der Waals surface area contributed by atoms with Gasteiger partial charge in [0, 0.05) is 6.92 Å². The van der Waals surface area contributed by atoms with Gasteiger partial charge in [0.2, 0.25) is 5.91 Å². The fourth-order valence-corrected chi connectivity index (χ4v) is 2.18. The van der Waals surface area contributed by atoms with Crippen molar-refractivity contribution in [1.29, 1.82) is 0 Å². The number of ketones is 1. The van der Waals surface area contributed by atoms with Gasteiger partial charge in [0.05, 0.1) is 19.8 Å². The highest BCUT2D eigenvalue weighted by Gasteiger charge is 2.35. The van der Waals surface area contributed by atoms with Gasteiger partial charge in [0.15, 0.2) is 0 Å². The number of nitrogens with one attached hydrogen (secondary N) is 1. The van der Waals surface area contributed by atoms with E-state index in [1.807, 2.05) is 0 Å². The largest absolute Gasteiger partial charge is 0.497 e. The summed E-state index contributed by atoms with van der Waals surface area (Å²) in [5.41, 5.74) is 0.600. The van der Waals surface area contributed by atoms with Gasteiger partial charge in [0.1, 0.15) is 17.5 Å². The lowest BCUT2D eigenvalue weighted by Gasteiger charge is -2.25. The standard InChI is InChI=1S/C16H21NO5/c1-5-22-16(20)14(10(2)18)15(17-11(3)19)12-7-6-8-13(9-12)21-4/h6-9,14-15H,5H2,1-4H3,(H,17,19)/t14-,15-/m0/s1. The summed E-state index contributed by atoms with van der Waals surface area (Å²) >= 11 is 0. The van der Waals surface area contributed by atoms with Crippen molar-refractivity contribution in [3.05, 3.63) is 29.8 Å². The molecule has 1 aromatic rings. The molecular formula is C16H21NO5. The highest BCUT2D eigenvalue weighted by atomic mass is 16.5. The first-order chi connectivity index (χ1) is 10.4. The molecule has 2 atom stereocenters. The Morgan fingerprint density at radius 1 is 1.23 bits per heavy atom. The summed E-state index contributed by atoms with van der Waals surface area (Å²) in [4.78, 5) is 35.5. The van der Waals surface area contributed by atoms with Crippen LogP contribution in [0.4, 0.5) is 0 Å². The third-order valence-corrected chi connectivity index (χ3v) is 3.12. The number of hydrogen-bond donors (Lipinski definition) is 1. The maximum Gasteiger partial charge on any atom is 0.318 e. The van der Waals surface area contributed by atoms with E-state index in [2.05, 4.69) is 5.32 Å². The smallest absolute Gasteiger partial charge is 0.318 e. The first kappa shape index (κ1) is 17.7. The summed E-state index contributed by atoms with van der Waals surface area (Å²) in [5.74, 6) is -1.91. The minimum atomic E-state index is -1.10. The average Bonchev–Trinajstić information content (AvgIpc) is 2.46. The molecule has 0 radical (unpaired) electrons. The van der Waals surface area contributed by atoms with E-state index in [1.54, 1.807) is 31.2 Å². The van der Waals surface area contributed by atoms with Crippen molar-refractivity contribution in [1.82, 2.24) is 5.32 Å². The first-order valence-electron chi connectivity index (χ1n) is 6.98. The fourth-order valence-electron chi connectivity index (χ4n) is 2.18. The van der Waals surface area contributed by atoms with Crippen molar-refractivity contribution in [2.75, 3.05) is 13.7 Å². The zero-order valence-corrected chi connectivity index (χ0v) is 13.2. The zero-order valence-electron chi connectivity index (χ0n) is 13.2. The minimum absolute atomic E-state index is 0.160. The van der Waals surface area contributed by atoms with Crippen LogP contribution >= 0.6 is 0 Å². The Labute approximate surface area is 129 Å². The van der Waals surface area contributed by atoms with Crippen LogP contribution in [0.15, 0.2) is 24.3 Å². The Morgan fingerprint density at radius 3 is 2.41 bits per heavy atom. The quantitative estimate of drug-likeness (QED) is 0.612. The van der Waals surface area contributed by atoms with E-state index in [-0.39, 0.29) is 18.3 Å². The number of esters is 1. The van der Waals surface area contributed by atoms with Gasteiger partial charge < -0.3 is 14.8 Å². The van der Waals surface area contributed by atoms with Crippen molar-refractivity contribution in [2.45, 2.75) is 26.8 Å². The lowest BCUT2D eigenvalue weighted by molar-refractivity contribution is -0.152. The Bertz CT molecular complexity index is 555. The predicted octanol–water partition coefficient (Wildman–Crippen LogP) is 1.64. The molecule has 0 unspecified atom stereocenters. The van der Waals surface area contributed by atoms with Crippen molar-refractivity contribution < 1.29 is 23.9 Å². The molecule has 0 saturated carbocycles. The van der Waals surface area contributed by atoms with E-state index in [0.717, 1.165) is 0 Å². The van der Waals surface area contributed by atoms with Gasteiger partial charge in [-0.1, -0.05) is 12.1 Å². The molecule has 6 heteroatoms. The van der Waals surface area contributed by atoms with Crippen molar-refractivity contribution >= 4 is 17.7 Å². The molecule has 0 aliphatic heterocycles. The van der Waals surface area contributed by atoms with E-state index < -0.39 is 17.9 Å². The number of Topliss-reactive ketones (excluding diaryl/α,β-unsaturated/α-hetero) is 1. The molecule has 120 valence electrons. The van der Waals surface area contributed by atoms with Crippen molar-refractivity contribution in [3.63, 3.8) is 0 Å². The van der Waals surface area contributed by atoms with E-state index in [4.69, 9.17) is 9.47 Å². The number of carbonyl (C=O) groups excluding carboxylic acids is 3. The molecule has 0 spiro atoms. The van der Waals surface area contributed by atoms with Crippen LogP contribution in [0, 0.1) is 5.92 Å². The molecule has 1 rings (SSSR count). The van der Waals surface area contributed by atoms with Crippen LogP contribution in [0.3, 0.4) is 0 Å². The third kappa shape index (κ3) is 4.58. The van der Waals surface area contributed by atoms with Crippen LogP contribution in [0.1, 0.15) is 32.4 Å². The third-order valence-electron chi connectivity index (χ3n) is 3.12. The number of hydrogen-bond acceptors (Lipinski definition) is 5. The predicted molar refractivity (Wildman–Crippen MR) is 80.4 cm³/mol. The molecule has 1 N–H and O–H groups in total. The van der Waals surface area contributed by atoms with Crippen molar-refractivity contribution in [3.8, 4) is 5.75 Å². The Morgan fingerprint density at radius 2 is 1.91 bits per heavy atom. The van der Waals surface area contributed by atoms with Gasteiger partial charge in [-0.05, 0) is 31.5 Å². The second-order valence-corrected chi connectivity index (χ2v) is 4.80. The molecule has 0 aliphatic carbocycles. The number of rotatable bonds is 7. The molecule has 0 heterocycles. The second-order valence-electron chi connectivity index (χ2n) is 4.80. The van der Waals surface area contributed by atoms with Gasteiger partial charge in [-0.25, -0.2) is 0 Å². The molecule has 6 nitrogen and oxygen atoms in total. The van der Waals surface area contributed by atoms with E-state index in [0.29, 0.717) is 11.3 Å². The number of benzene rings is 1. The molecular weight excluding hydrogens is 286 g/mol. The lowest BCUT2D eigenvalue weighted by Crippen LogP contribution is -2.40. The summed E-state index contributed by atoms with van der Waals surface area (Å²) in [5, 5.41) is 2.65. The fraction of sp³-hybridized carbons (Fsp3) is 0.438. The summed E-state index contributed by atoms with van der Waals surface area (Å²) in [7, 11) is 1.51. The van der Waals surface area contributed by atoms with Gasteiger partial charge in [-0.3, -0.25) is 14.4 Å². The molecule has 0 saturated heterocycles. The second kappa shape index (κ2) is 8.17. The topological polar surface area (TPSA) is 81.7 Å². The normalized spacial score (nSPS) is 12.9. The number of ether oxygens (including phenoxy) is 2. The first-order valence-corrected chi connectivity index (χ1v) is 6.98. The SMILES string of the molecule is CCOC(=O)[C@@H](C(C)=O)[C@@H](NC(C)=O)c1cccc(OC)c1. The summed E-state index contributed by atoms with van der Waals surface area (Å²) in [6.07, 6.45) is 0. The minimum Gasteiger partial charge on any atom is -0.497 e. The lowest BCUT2D eigenvalue weighted by atomic mass is 9.89. The molecule has 0 aromatic heterocycles. The van der Waals surface area contributed by atoms with Gasteiger partial charge in [0.25, 0.3) is 0 Å². The Balaban J connectivity index is 3.26. The Hall–Kier alpha value is -2.37. The highest BCUT2D eigenvalue weighted by Crippen LogP contribution is 2.27. The summed E-state index contributed by atoms with van der Waals surface area (Å²) in [6.45, 7) is 4.45. The molecule has 0 fully saturated rings. The summed E-state index contributed by atoms with van der Waals surface area (Å²) < 4.78 is 10.1. The molecule has 22 heavy (non-hydrogen) atoms. The number of amides is 1. The van der Waals surface area contributed by atoms with Crippen LogP contribution in [-0.2, 0) is 19.1 Å². The summed E-state index contributed by atoms with van der Waals surface area (Å²) in [6, 6.07) is 6.06.